The van der Waals surface area contributed by atoms with E-state index in [1.54, 1.807) is 6.92 Å². The maximum Gasteiger partial charge on any atom is 0.334 e. The highest BCUT2D eigenvalue weighted by atomic mass is 79.9. The second kappa shape index (κ2) is 5.30. The van der Waals surface area contributed by atoms with Crippen LogP contribution in [0.15, 0.2) is 32.3 Å². The van der Waals surface area contributed by atoms with Gasteiger partial charge in [0.05, 0.1) is 11.3 Å². The summed E-state index contributed by atoms with van der Waals surface area (Å²) in [7, 11) is 0. The Morgan fingerprint density at radius 3 is 2.74 bits per heavy atom. The number of H-pyrrole nitrogens is 1. The van der Waals surface area contributed by atoms with E-state index in [-0.39, 0.29) is 16.4 Å². The van der Waals surface area contributed by atoms with Crippen LogP contribution in [0.5, 0.6) is 0 Å². The average molecular weight is 348 g/mol. The van der Waals surface area contributed by atoms with Crippen molar-refractivity contribution in [3.63, 3.8) is 0 Å². The molecule has 100 valence electrons. The van der Waals surface area contributed by atoms with Crippen LogP contribution in [-0.2, 0) is 6.42 Å². The Morgan fingerprint density at radius 2 is 2.11 bits per heavy atom. The summed E-state index contributed by atoms with van der Waals surface area (Å²) in [6.07, 6.45) is 0.337. The summed E-state index contributed by atoms with van der Waals surface area (Å²) in [6.45, 7) is 1.72. The first-order valence-electron chi connectivity index (χ1n) is 5.44. The number of aromatic nitrogens is 2. The molecule has 0 aliphatic rings. The van der Waals surface area contributed by atoms with E-state index in [4.69, 9.17) is 11.6 Å². The Kier molecular flexibility index (Phi) is 3.91. The summed E-state index contributed by atoms with van der Waals surface area (Å²) in [5.41, 5.74) is -1.27. The van der Waals surface area contributed by atoms with E-state index in [9.17, 15) is 14.0 Å². The highest BCUT2D eigenvalue weighted by molar-refractivity contribution is 9.10. The van der Waals surface area contributed by atoms with Crippen molar-refractivity contribution in [1.82, 2.24) is 9.55 Å². The van der Waals surface area contributed by atoms with Crippen LogP contribution in [0, 0.1) is 5.82 Å². The lowest BCUT2D eigenvalue weighted by molar-refractivity contribution is 0.611. The maximum absolute atomic E-state index is 13.8. The van der Waals surface area contributed by atoms with Gasteiger partial charge in [-0.25, -0.2) is 13.8 Å². The summed E-state index contributed by atoms with van der Waals surface area (Å²) in [5, 5.41) is -0.0100. The number of halogens is 3. The zero-order valence-electron chi connectivity index (χ0n) is 9.84. The molecule has 0 unspecified atom stereocenters. The minimum atomic E-state index is -0.774. The van der Waals surface area contributed by atoms with Crippen molar-refractivity contribution in [1.29, 1.82) is 0 Å². The summed E-state index contributed by atoms with van der Waals surface area (Å²) < 4.78 is 15.1. The zero-order chi connectivity index (χ0) is 14.2. The average Bonchev–Trinajstić information content (AvgIpc) is 2.33. The van der Waals surface area contributed by atoms with Gasteiger partial charge >= 0.3 is 5.69 Å². The second-order valence-electron chi connectivity index (χ2n) is 3.81. The molecule has 4 nitrogen and oxygen atoms in total. The van der Waals surface area contributed by atoms with Gasteiger partial charge in [0.1, 0.15) is 11.0 Å². The molecule has 0 bridgehead atoms. The van der Waals surface area contributed by atoms with Crippen LogP contribution >= 0.6 is 27.5 Å². The van der Waals surface area contributed by atoms with E-state index in [0.29, 0.717) is 10.9 Å². The topological polar surface area (TPSA) is 54.9 Å². The van der Waals surface area contributed by atoms with Gasteiger partial charge in [-0.3, -0.25) is 9.78 Å². The molecule has 2 rings (SSSR count). The van der Waals surface area contributed by atoms with Gasteiger partial charge in [0.25, 0.3) is 5.56 Å². The Balaban J connectivity index is 2.87. The fourth-order valence-electron chi connectivity index (χ4n) is 1.73. The number of hydrogen-bond acceptors (Lipinski definition) is 2. The predicted octanol–water partition coefficient (Wildman–Crippen LogP) is 2.64. The Morgan fingerprint density at radius 1 is 1.42 bits per heavy atom. The van der Waals surface area contributed by atoms with Gasteiger partial charge in [0, 0.05) is 4.47 Å². The van der Waals surface area contributed by atoms with Gasteiger partial charge in [0.2, 0.25) is 0 Å². The minimum absolute atomic E-state index is 0.0100. The minimum Gasteiger partial charge on any atom is -0.297 e. The molecule has 1 aromatic carbocycles. The first-order valence-corrected chi connectivity index (χ1v) is 6.62. The zero-order valence-corrected chi connectivity index (χ0v) is 12.2. The molecular formula is C12H9BrClFN2O2. The Labute approximate surface area is 121 Å². The summed E-state index contributed by atoms with van der Waals surface area (Å²) in [4.78, 5) is 26.4. The van der Waals surface area contributed by atoms with Crippen molar-refractivity contribution in [3.8, 4) is 5.69 Å². The van der Waals surface area contributed by atoms with E-state index in [0.717, 1.165) is 4.57 Å². The molecule has 0 saturated carbocycles. The lowest BCUT2D eigenvalue weighted by atomic mass is 10.2. The molecule has 0 saturated heterocycles. The third-order valence-corrected chi connectivity index (χ3v) is 3.46. The van der Waals surface area contributed by atoms with Crippen molar-refractivity contribution < 1.29 is 4.39 Å². The van der Waals surface area contributed by atoms with Gasteiger partial charge < -0.3 is 0 Å². The van der Waals surface area contributed by atoms with Crippen LogP contribution in [0.2, 0.25) is 5.15 Å². The largest absolute Gasteiger partial charge is 0.334 e. The maximum atomic E-state index is 13.8. The highest BCUT2D eigenvalue weighted by Gasteiger charge is 2.15. The first-order chi connectivity index (χ1) is 8.95. The van der Waals surface area contributed by atoms with E-state index in [1.165, 1.54) is 18.2 Å². The van der Waals surface area contributed by atoms with E-state index in [1.807, 2.05) is 0 Å². The Bertz CT molecular complexity index is 754. The molecule has 0 aliphatic heterocycles. The van der Waals surface area contributed by atoms with Gasteiger partial charge in [-0.1, -0.05) is 34.5 Å². The molecule has 7 heteroatoms. The van der Waals surface area contributed by atoms with Crippen LogP contribution in [0.4, 0.5) is 4.39 Å². The van der Waals surface area contributed by atoms with Crippen LogP contribution in [0.3, 0.4) is 0 Å². The van der Waals surface area contributed by atoms with Gasteiger partial charge in [-0.2, -0.15) is 0 Å². The van der Waals surface area contributed by atoms with Crippen LogP contribution in [-0.4, -0.2) is 9.55 Å². The van der Waals surface area contributed by atoms with Crippen LogP contribution in [0.1, 0.15) is 12.5 Å². The molecule has 1 N–H and O–H groups in total. The highest BCUT2D eigenvalue weighted by Crippen LogP contribution is 2.17. The quantitative estimate of drug-likeness (QED) is 0.849. The number of rotatable bonds is 2. The van der Waals surface area contributed by atoms with E-state index in [2.05, 4.69) is 20.9 Å². The molecule has 0 spiro atoms. The molecular weight excluding hydrogens is 338 g/mol. The molecule has 0 amide bonds. The molecule has 1 aromatic heterocycles. The predicted molar refractivity (Wildman–Crippen MR) is 74.7 cm³/mol. The van der Waals surface area contributed by atoms with E-state index >= 15 is 0 Å². The summed E-state index contributed by atoms with van der Waals surface area (Å²) >= 11 is 8.97. The van der Waals surface area contributed by atoms with Crippen LogP contribution in [0.25, 0.3) is 5.69 Å². The summed E-state index contributed by atoms with van der Waals surface area (Å²) in [5.74, 6) is -0.667. The fourth-order valence-corrected chi connectivity index (χ4v) is 2.37. The molecule has 2 aromatic rings. The van der Waals surface area contributed by atoms with Gasteiger partial charge in [-0.15, -0.1) is 0 Å². The van der Waals surface area contributed by atoms with Gasteiger partial charge in [0.15, 0.2) is 0 Å². The van der Waals surface area contributed by atoms with Crippen molar-refractivity contribution in [2.75, 3.05) is 0 Å². The van der Waals surface area contributed by atoms with Crippen molar-refractivity contribution in [3.05, 3.63) is 60.0 Å². The number of nitrogens with zero attached hydrogens (tertiary/aromatic N) is 1. The first kappa shape index (κ1) is 14.0. The smallest absolute Gasteiger partial charge is 0.297 e. The van der Waals surface area contributed by atoms with E-state index < -0.39 is 17.1 Å². The molecule has 0 radical (unpaired) electrons. The second-order valence-corrected chi connectivity index (χ2v) is 5.11. The molecule has 0 aliphatic carbocycles. The van der Waals surface area contributed by atoms with Gasteiger partial charge in [-0.05, 0) is 24.6 Å². The number of hydrogen-bond donors (Lipinski definition) is 1. The Hall–Kier alpha value is -1.40. The summed E-state index contributed by atoms with van der Waals surface area (Å²) in [6, 6.07) is 4.01. The number of aromatic amines is 1. The SMILES string of the molecule is CCc1c(Cl)[nH]c(=O)n(-c2cc(Br)ccc2F)c1=O. The lowest BCUT2D eigenvalue weighted by Crippen LogP contribution is -2.36. The lowest BCUT2D eigenvalue weighted by Gasteiger charge is -2.09. The third-order valence-electron chi connectivity index (χ3n) is 2.65. The molecule has 0 atom stereocenters. The van der Waals surface area contributed by atoms with Crippen molar-refractivity contribution in [2.45, 2.75) is 13.3 Å². The number of benzene rings is 1. The van der Waals surface area contributed by atoms with Crippen molar-refractivity contribution in [2.24, 2.45) is 0 Å². The standard InChI is InChI=1S/C12H9BrClFN2O2/c1-2-7-10(14)16-12(19)17(11(7)18)9-5-6(13)3-4-8(9)15/h3-5H,2H2,1H3,(H,16,19). The fraction of sp³-hybridized carbons (Fsp3) is 0.167. The monoisotopic (exact) mass is 346 g/mol. The molecule has 19 heavy (non-hydrogen) atoms. The third kappa shape index (κ3) is 2.50. The normalized spacial score (nSPS) is 10.7. The molecule has 1 heterocycles. The van der Waals surface area contributed by atoms with Crippen molar-refractivity contribution >= 4 is 27.5 Å². The van der Waals surface area contributed by atoms with Crippen LogP contribution < -0.4 is 11.2 Å². The number of nitrogens with one attached hydrogen (secondary N) is 1. The molecule has 0 fully saturated rings.